The Morgan fingerprint density at radius 3 is 2.35 bits per heavy atom. The van der Waals surface area contributed by atoms with Crippen LogP contribution in [-0.2, 0) is 28.9 Å². The highest BCUT2D eigenvalue weighted by molar-refractivity contribution is 9.10. The molecule has 0 aliphatic rings. The fourth-order valence-electron chi connectivity index (χ4n) is 1.67. The summed E-state index contributed by atoms with van der Waals surface area (Å²) < 4.78 is 27.6. The SMILES string of the molecule is NCc1ccc(CS(=O)(=O)NCc2sccc2Br)cc1. The van der Waals surface area contributed by atoms with Crippen molar-refractivity contribution in [2.75, 3.05) is 0 Å². The highest BCUT2D eigenvalue weighted by Gasteiger charge is 2.12. The zero-order chi connectivity index (χ0) is 14.6. The van der Waals surface area contributed by atoms with Crippen molar-refractivity contribution < 1.29 is 8.42 Å². The number of nitrogens with one attached hydrogen (secondary N) is 1. The molecule has 0 radical (unpaired) electrons. The second-order valence-corrected chi connectivity index (χ2v) is 7.95. The molecule has 0 amide bonds. The molecule has 2 aromatic rings. The van der Waals surface area contributed by atoms with Crippen LogP contribution in [0, 0.1) is 0 Å². The van der Waals surface area contributed by atoms with Crippen LogP contribution in [0.1, 0.15) is 16.0 Å². The topological polar surface area (TPSA) is 72.2 Å². The molecule has 7 heteroatoms. The molecular weight excluding hydrogens is 360 g/mol. The average molecular weight is 375 g/mol. The number of thiophene rings is 1. The van der Waals surface area contributed by atoms with Crippen LogP contribution in [0.5, 0.6) is 0 Å². The highest BCUT2D eigenvalue weighted by atomic mass is 79.9. The lowest BCUT2D eigenvalue weighted by Crippen LogP contribution is -2.24. The summed E-state index contributed by atoms with van der Waals surface area (Å²) in [6, 6.07) is 9.19. The monoisotopic (exact) mass is 374 g/mol. The van der Waals surface area contributed by atoms with Gasteiger partial charge in [-0.1, -0.05) is 24.3 Å². The zero-order valence-corrected chi connectivity index (χ0v) is 13.9. The van der Waals surface area contributed by atoms with Crippen LogP contribution in [0.2, 0.25) is 0 Å². The maximum absolute atomic E-state index is 12.0. The number of benzene rings is 1. The average Bonchev–Trinajstić information content (AvgIpc) is 2.83. The number of nitrogens with two attached hydrogens (primary N) is 1. The van der Waals surface area contributed by atoms with E-state index in [2.05, 4.69) is 20.7 Å². The van der Waals surface area contributed by atoms with E-state index < -0.39 is 10.0 Å². The van der Waals surface area contributed by atoms with Crippen molar-refractivity contribution >= 4 is 37.3 Å². The Kier molecular flexibility index (Phi) is 5.34. The summed E-state index contributed by atoms with van der Waals surface area (Å²) in [6.45, 7) is 0.763. The van der Waals surface area contributed by atoms with Gasteiger partial charge in [0.05, 0.1) is 5.75 Å². The molecule has 1 heterocycles. The van der Waals surface area contributed by atoms with Crippen LogP contribution < -0.4 is 10.5 Å². The van der Waals surface area contributed by atoms with Gasteiger partial charge in [-0.2, -0.15) is 0 Å². The van der Waals surface area contributed by atoms with Gasteiger partial charge in [-0.15, -0.1) is 11.3 Å². The third-order valence-corrected chi connectivity index (χ3v) is 5.98. The number of hydrogen-bond acceptors (Lipinski definition) is 4. The Labute approximate surface area is 131 Å². The standard InChI is InChI=1S/C13H15BrN2O2S2/c14-12-5-6-19-13(12)8-16-20(17,18)9-11-3-1-10(7-15)2-4-11/h1-6,16H,7-9,15H2. The minimum Gasteiger partial charge on any atom is -0.326 e. The van der Waals surface area contributed by atoms with E-state index in [1.54, 1.807) is 12.1 Å². The number of halogens is 1. The van der Waals surface area contributed by atoms with Crippen LogP contribution in [0.15, 0.2) is 40.2 Å². The predicted molar refractivity (Wildman–Crippen MR) is 85.8 cm³/mol. The van der Waals surface area contributed by atoms with Gasteiger partial charge in [0.2, 0.25) is 10.0 Å². The van der Waals surface area contributed by atoms with Gasteiger partial charge in [-0.3, -0.25) is 0 Å². The van der Waals surface area contributed by atoms with Crippen molar-refractivity contribution in [3.8, 4) is 0 Å². The lowest BCUT2D eigenvalue weighted by Gasteiger charge is -2.07. The first-order valence-corrected chi connectivity index (χ1v) is 9.30. The van der Waals surface area contributed by atoms with E-state index in [0.29, 0.717) is 13.1 Å². The van der Waals surface area contributed by atoms with Crippen LogP contribution in [0.4, 0.5) is 0 Å². The molecule has 0 saturated heterocycles. The van der Waals surface area contributed by atoms with E-state index in [-0.39, 0.29) is 5.75 Å². The smallest absolute Gasteiger partial charge is 0.216 e. The van der Waals surface area contributed by atoms with Crippen molar-refractivity contribution in [3.05, 3.63) is 56.2 Å². The van der Waals surface area contributed by atoms with Gasteiger partial charge in [-0.05, 0) is 38.5 Å². The first-order valence-electron chi connectivity index (χ1n) is 5.97. The van der Waals surface area contributed by atoms with E-state index in [1.165, 1.54) is 11.3 Å². The summed E-state index contributed by atoms with van der Waals surface area (Å²) in [5, 5.41) is 1.92. The first-order chi connectivity index (χ1) is 9.50. The van der Waals surface area contributed by atoms with E-state index in [9.17, 15) is 8.42 Å². The first kappa shape index (κ1) is 15.7. The Bertz CT molecular complexity index is 666. The zero-order valence-electron chi connectivity index (χ0n) is 10.7. The molecule has 20 heavy (non-hydrogen) atoms. The van der Waals surface area contributed by atoms with Crippen LogP contribution >= 0.6 is 27.3 Å². The van der Waals surface area contributed by atoms with Crippen molar-refractivity contribution in [2.45, 2.75) is 18.8 Å². The lowest BCUT2D eigenvalue weighted by molar-refractivity contribution is 0.581. The van der Waals surface area contributed by atoms with Gasteiger partial charge in [0, 0.05) is 22.4 Å². The summed E-state index contributed by atoms with van der Waals surface area (Å²) in [4.78, 5) is 0.965. The van der Waals surface area contributed by atoms with E-state index in [1.807, 2.05) is 23.6 Å². The molecule has 0 unspecified atom stereocenters. The summed E-state index contributed by atoms with van der Waals surface area (Å²) in [5.41, 5.74) is 7.25. The molecule has 0 spiro atoms. The minimum absolute atomic E-state index is 0.0269. The molecule has 0 atom stereocenters. The molecule has 0 saturated carbocycles. The second kappa shape index (κ2) is 6.82. The van der Waals surface area contributed by atoms with Gasteiger partial charge in [-0.25, -0.2) is 13.1 Å². The molecule has 1 aromatic heterocycles. The van der Waals surface area contributed by atoms with Crippen molar-refractivity contribution in [1.29, 1.82) is 0 Å². The quantitative estimate of drug-likeness (QED) is 0.815. The lowest BCUT2D eigenvalue weighted by atomic mass is 10.1. The Morgan fingerprint density at radius 2 is 1.80 bits per heavy atom. The van der Waals surface area contributed by atoms with Crippen LogP contribution in [0.25, 0.3) is 0 Å². The third-order valence-electron chi connectivity index (χ3n) is 2.76. The summed E-state index contributed by atoms with van der Waals surface area (Å²) >= 11 is 4.89. The van der Waals surface area contributed by atoms with Gasteiger partial charge in [0.1, 0.15) is 0 Å². The second-order valence-electron chi connectivity index (χ2n) is 4.29. The number of sulfonamides is 1. The Balaban J connectivity index is 1.98. The fraction of sp³-hybridized carbons (Fsp3) is 0.231. The summed E-state index contributed by atoms with van der Waals surface area (Å²) in [5.74, 6) is -0.0269. The maximum atomic E-state index is 12.0. The van der Waals surface area contributed by atoms with Crippen LogP contribution in [-0.4, -0.2) is 8.42 Å². The van der Waals surface area contributed by atoms with Gasteiger partial charge in [0.15, 0.2) is 0 Å². The highest BCUT2D eigenvalue weighted by Crippen LogP contribution is 2.22. The Morgan fingerprint density at radius 1 is 1.15 bits per heavy atom. The van der Waals surface area contributed by atoms with Crippen molar-refractivity contribution in [3.63, 3.8) is 0 Å². The van der Waals surface area contributed by atoms with Gasteiger partial charge < -0.3 is 5.73 Å². The van der Waals surface area contributed by atoms with Crippen molar-refractivity contribution in [2.24, 2.45) is 5.73 Å². The molecule has 1 aromatic carbocycles. The molecular formula is C13H15BrN2O2S2. The summed E-state index contributed by atoms with van der Waals surface area (Å²) in [6.07, 6.45) is 0. The predicted octanol–water partition coefficient (Wildman–Crippen LogP) is 2.59. The molecule has 3 N–H and O–H groups in total. The van der Waals surface area contributed by atoms with E-state index in [4.69, 9.17) is 5.73 Å². The van der Waals surface area contributed by atoms with E-state index in [0.717, 1.165) is 20.5 Å². The minimum atomic E-state index is -3.34. The fourth-order valence-corrected chi connectivity index (χ4v) is 4.29. The van der Waals surface area contributed by atoms with Crippen molar-refractivity contribution in [1.82, 2.24) is 4.72 Å². The van der Waals surface area contributed by atoms with Gasteiger partial charge >= 0.3 is 0 Å². The maximum Gasteiger partial charge on any atom is 0.216 e. The molecule has 4 nitrogen and oxygen atoms in total. The molecule has 0 fully saturated rings. The number of rotatable bonds is 6. The molecule has 0 aliphatic carbocycles. The third kappa shape index (κ3) is 4.39. The van der Waals surface area contributed by atoms with E-state index >= 15 is 0 Å². The molecule has 2 rings (SSSR count). The largest absolute Gasteiger partial charge is 0.326 e. The molecule has 108 valence electrons. The summed E-state index contributed by atoms with van der Waals surface area (Å²) in [7, 11) is -3.34. The Hall–Kier alpha value is -0.730. The molecule has 0 aliphatic heterocycles. The van der Waals surface area contributed by atoms with Crippen LogP contribution in [0.3, 0.4) is 0 Å². The van der Waals surface area contributed by atoms with Gasteiger partial charge in [0.25, 0.3) is 0 Å². The normalized spacial score (nSPS) is 11.7. The molecule has 0 bridgehead atoms. The number of hydrogen-bond donors (Lipinski definition) is 2.